The molecule has 0 unspecified atom stereocenters. The summed E-state index contributed by atoms with van der Waals surface area (Å²) < 4.78 is 0. The Morgan fingerprint density at radius 3 is 2.67 bits per heavy atom. The quantitative estimate of drug-likeness (QED) is 0.653. The van der Waals surface area contributed by atoms with Crippen LogP contribution in [0.1, 0.15) is 20.3 Å². The molecular weight excluding hydrogens is 152 g/mol. The summed E-state index contributed by atoms with van der Waals surface area (Å²) in [5.41, 5.74) is 0. The average Bonchev–Trinajstić information content (AvgIpc) is 2.51. The number of rotatable bonds is 2. The van der Waals surface area contributed by atoms with E-state index in [2.05, 4.69) is 24.1 Å². The fraction of sp³-hybridized carbons (Fsp3) is 0.889. The van der Waals surface area contributed by atoms with Gasteiger partial charge in [0, 0.05) is 19.6 Å². The van der Waals surface area contributed by atoms with E-state index >= 15 is 0 Å². The number of likely N-dealkylation sites (tertiary alicyclic amines) is 1. The maximum atomic E-state index is 11.2. The Balaban J connectivity index is 2.40. The van der Waals surface area contributed by atoms with Crippen LogP contribution in [-0.2, 0) is 4.79 Å². The summed E-state index contributed by atoms with van der Waals surface area (Å²) in [7, 11) is 1.71. The predicted molar refractivity (Wildman–Crippen MR) is 48.9 cm³/mol. The molecule has 0 aliphatic carbocycles. The monoisotopic (exact) mass is 170 g/mol. The van der Waals surface area contributed by atoms with Gasteiger partial charge in [-0.3, -0.25) is 4.79 Å². The second-order valence-corrected chi connectivity index (χ2v) is 3.69. The normalized spacial score (nSPS) is 24.8. The van der Waals surface area contributed by atoms with E-state index in [1.807, 2.05) is 0 Å². The molecule has 1 amide bonds. The van der Waals surface area contributed by atoms with Crippen molar-refractivity contribution in [3.05, 3.63) is 0 Å². The van der Waals surface area contributed by atoms with Crippen LogP contribution in [0, 0.1) is 5.92 Å². The van der Waals surface area contributed by atoms with Crippen molar-refractivity contribution in [2.75, 3.05) is 20.1 Å². The topological polar surface area (TPSA) is 32.3 Å². The number of carbonyl (C=O) groups is 1. The Bertz CT molecular complexity index is 168. The first-order valence-corrected chi connectivity index (χ1v) is 4.60. The highest BCUT2D eigenvalue weighted by molar-refractivity contribution is 5.78. The van der Waals surface area contributed by atoms with Crippen molar-refractivity contribution < 1.29 is 4.79 Å². The van der Waals surface area contributed by atoms with Gasteiger partial charge >= 0.3 is 0 Å². The minimum absolute atomic E-state index is 0.193. The van der Waals surface area contributed by atoms with Crippen molar-refractivity contribution in [1.29, 1.82) is 0 Å². The van der Waals surface area contributed by atoms with Gasteiger partial charge in [-0.15, -0.1) is 0 Å². The lowest BCUT2D eigenvalue weighted by molar-refractivity contribution is -0.124. The van der Waals surface area contributed by atoms with Crippen LogP contribution in [0.3, 0.4) is 0 Å². The van der Waals surface area contributed by atoms with Crippen LogP contribution >= 0.6 is 0 Å². The Labute approximate surface area is 74.1 Å². The van der Waals surface area contributed by atoms with Crippen LogP contribution < -0.4 is 5.32 Å². The molecule has 12 heavy (non-hydrogen) atoms. The number of amides is 1. The maximum Gasteiger partial charge on any atom is 0.224 e. The predicted octanol–water partition coefficient (Wildman–Crippen LogP) is 0.463. The molecule has 0 spiro atoms. The molecule has 0 bridgehead atoms. The second kappa shape index (κ2) is 3.90. The van der Waals surface area contributed by atoms with Gasteiger partial charge in [0.2, 0.25) is 5.91 Å². The highest BCUT2D eigenvalue weighted by Gasteiger charge is 2.28. The second-order valence-electron chi connectivity index (χ2n) is 3.69. The van der Waals surface area contributed by atoms with Gasteiger partial charge in [0.15, 0.2) is 0 Å². The van der Waals surface area contributed by atoms with Crippen LogP contribution in [0.5, 0.6) is 0 Å². The van der Waals surface area contributed by atoms with E-state index in [0.29, 0.717) is 6.04 Å². The molecule has 1 heterocycles. The fourth-order valence-electron chi connectivity index (χ4n) is 1.67. The van der Waals surface area contributed by atoms with Crippen LogP contribution in [0.15, 0.2) is 0 Å². The number of carbonyl (C=O) groups excluding carboxylic acids is 1. The molecule has 70 valence electrons. The lowest BCUT2D eigenvalue weighted by atomic mass is 10.1. The van der Waals surface area contributed by atoms with Crippen molar-refractivity contribution in [2.45, 2.75) is 26.3 Å². The summed E-state index contributed by atoms with van der Waals surface area (Å²) in [6, 6.07) is 0.569. The number of nitrogens with one attached hydrogen (secondary N) is 1. The molecule has 1 atom stereocenters. The van der Waals surface area contributed by atoms with Crippen LogP contribution in [0.25, 0.3) is 0 Å². The first-order valence-electron chi connectivity index (χ1n) is 4.60. The summed E-state index contributed by atoms with van der Waals surface area (Å²) in [6.45, 7) is 6.34. The maximum absolute atomic E-state index is 11.2. The van der Waals surface area contributed by atoms with E-state index in [0.717, 1.165) is 19.5 Å². The zero-order valence-corrected chi connectivity index (χ0v) is 8.13. The molecule has 3 nitrogen and oxygen atoms in total. The zero-order valence-electron chi connectivity index (χ0n) is 8.13. The summed E-state index contributed by atoms with van der Waals surface area (Å²) in [5, 5.41) is 2.70. The molecule has 1 N–H and O–H groups in total. The van der Waals surface area contributed by atoms with E-state index in [4.69, 9.17) is 0 Å². The third-order valence-corrected chi connectivity index (χ3v) is 2.57. The van der Waals surface area contributed by atoms with Crippen LogP contribution in [0.4, 0.5) is 0 Å². The zero-order chi connectivity index (χ0) is 9.14. The first kappa shape index (κ1) is 9.52. The van der Waals surface area contributed by atoms with Gasteiger partial charge in [-0.2, -0.15) is 0 Å². The van der Waals surface area contributed by atoms with E-state index < -0.39 is 0 Å². The third kappa shape index (κ3) is 1.97. The molecule has 0 aromatic rings. The summed E-state index contributed by atoms with van der Waals surface area (Å²) in [4.78, 5) is 13.6. The number of nitrogens with zero attached hydrogens (tertiary/aromatic N) is 1. The molecule has 1 rings (SSSR count). The van der Waals surface area contributed by atoms with Crippen molar-refractivity contribution in [2.24, 2.45) is 5.92 Å². The fourth-order valence-corrected chi connectivity index (χ4v) is 1.67. The molecule has 1 saturated heterocycles. The molecule has 1 fully saturated rings. The molecule has 1 aliphatic heterocycles. The average molecular weight is 170 g/mol. The molecule has 3 heteroatoms. The van der Waals surface area contributed by atoms with Gasteiger partial charge in [0.05, 0.1) is 5.92 Å². The van der Waals surface area contributed by atoms with E-state index in [1.54, 1.807) is 7.05 Å². The summed E-state index contributed by atoms with van der Waals surface area (Å²) >= 11 is 0. The molecule has 0 aromatic carbocycles. The molecular formula is C9H18N2O. The van der Waals surface area contributed by atoms with E-state index in [9.17, 15) is 4.79 Å². The minimum atomic E-state index is 0.193. The lowest BCUT2D eigenvalue weighted by Crippen LogP contribution is -2.32. The van der Waals surface area contributed by atoms with Gasteiger partial charge in [-0.25, -0.2) is 0 Å². The Kier molecular flexibility index (Phi) is 3.09. The van der Waals surface area contributed by atoms with Gasteiger partial charge in [0.25, 0.3) is 0 Å². The highest BCUT2D eigenvalue weighted by Crippen LogP contribution is 2.18. The molecule has 0 radical (unpaired) electrons. The molecule has 1 aliphatic rings. The minimum Gasteiger partial charge on any atom is -0.359 e. The smallest absolute Gasteiger partial charge is 0.224 e. The van der Waals surface area contributed by atoms with Gasteiger partial charge in [-0.1, -0.05) is 0 Å². The van der Waals surface area contributed by atoms with Crippen LogP contribution in [0.2, 0.25) is 0 Å². The molecule has 0 aromatic heterocycles. The largest absolute Gasteiger partial charge is 0.359 e. The molecule has 0 saturated carbocycles. The van der Waals surface area contributed by atoms with Gasteiger partial charge in [-0.05, 0) is 26.8 Å². The number of hydrogen-bond donors (Lipinski definition) is 1. The lowest BCUT2D eigenvalue weighted by Gasteiger charge is -2.19. The van der Waals surface area contributed by atoms with E-state index in [-0.39, 0.29) is 11.8 Å². The van der Waals surface area contributed by atoms with Crippen molar-refractivity contribution >= 4 is 5.91 Å². The summed E-state index contributed by atoms with van der Waals surface area (Å²) in [5.74, 6) is 0.413. The SMILES string of the molecule is CNC(=O)[C@@H]1CCN(C(C)C)C1. The van der Waals surface area contributed by atoms with Crippen molar-refractivity contribution in [1.82, 2.24) is 10.2 Å². The van der Waals surface area contributed by atoms with Crippen molar-refractivity contribution in [3.8, 4) is 0 Å². The third-order valence-electron chi connectivity index (χ3n) is 2.57. The summed E-state index contributed by atoms with van der Waals surface area (Å²) in [6.07, 6.45) is 1.01. The first-order chi connectivity index (χ1) is 5.65. The van der Waals surface area contributed by atoms with E-state index in [1.165, 1.54) is 0 Å². The highest BCUT2D eigenvalue weighted by atomic mass is 16.1. The van der Waals surface area contributed by atoms with Gasteiger partial charge < -0.3 is 10.2 Å². The van der Waals surface area contributed by atoms with Crippen LogP contribution in [-0.4, -0.2) is 37.0 Å². The Morgan fingerprint density at radius 2 is 2.25 bits per heavy atom. The van der Waals surface area contributed by atoms with Crippen molar-refractivity contribution in [3.63, 3.8) is 0 Å². The number of hydrogen-bond acceptors (Lipinski definition) is 2. The standard InChI is InChI=1S/C9H18N2O/c1-7(2)11-5-4-8(6-11)9(12)10-3/h7-8H,4-6H2,1-3H3,(H,10,12)/t8-/m1/s1. The Hall–Kier alpha value is -0.570. The Morgan fingerprint density at radius 1 is 1.58 bits per heavy atom. The van der Waals surface area contributed by atoms with Gasteiger partial charge in [0.1, 0.15) is 0 Å².